The largest absolute Gasteiger partial charge is 0.481 e. The minimum atomic E-state index is -2.91. The number of rotatable bonds is 6. The molecule has 1 fully saturated rings. The Kier molecular flexibility index (Phi) is 5.33. The second-order valence-corrected chi connectivity index (χ2v) is 6.33. The van der Waals surface area contributed by atoms with Crippen LogP contribution >= 0.6 is 0 Å². The van der Waals surface area contributed by atoms with Crippen molar-refractivity contribution in [1.82, 2.24) is 20.3 Å². The maximum atomic E-state index is 12.4. The third-order valence-electron chi connectivity index (χ3n) is 4.53. The van der Waals surface area contributed by atoms with E-state index in [4.69, 9.17) is 5.11 Å². The summed E-state index contributed by atoms with van der Waals surface area (Å²) in [5, 5.41) is 19.7. The van der Waals surface area contributed by atoms with E-state index in [1.165, 1.54) is 28.9 Å². The molecule has 0 spiro atoms. The summed E-state index contributed by atoms with van der Waals surface area (Å²) in [5.74, 6) is -1.71. The first kappa shape index (κ1) is 18.7. The van der Waals surface area contributed by atoms with Gasteiger partial charge in [0.15, 0.2) is 5.69 Å². The molecule has 1 aromatic carbocycles. The number of ether oxygens (including phenoxy) is 1. The number of nitrogens with one attached hydrogen (secondary N) is 1. The van der Waals surface area contributed by atoms with Gasteiger partial charge in [-0.2, -0.15) is 8.78 Å². The van der Waals surface area contributed by atoms with E-state index in [9.17, 15) is 18.4 Å². The molecule has 1 aliphatic rings. The van der Waals surface area contributed by atoms with Gasteiger partial charge in [-0.05, 0) is 50.5 Å². The molecule has 2 N–H and O–H groups in total. The average Bonchev–Trinajstić information content (AvgIpc) is 3.22. The number of carboxylic acid groups (broad SMARTS) is 1. The van der Waals surface area contributed by atoms with Gasteiger partial charge in [-0.15, -0.1) is 5.10 Å². The van der Waals surface area contributed by atoms with Crippen LogP contribution < -0.4 is 10.1 Å². The molecule has 1 amide bonds. The summed E-state index contributed by atoms with van der Waals surface area (Å²) in [5.41, 5.74) is 1.14. The Morgan fingerprint density at radius 1 is 1.30 bits per heavy atom. The molecule has 3 rings (SSSR count). The molecule has 2 atom stereocenters. The first-order valence-electron chi connectivity index (χ1n) is 8.36. The predicted octanol–water partition coefficient (Wildman–Crippen LogP) is 2.16. The highest BCUT2D eigenvalue weighted by molar-refractivity contribution is 5.93. The van der Waals surface area contributed by atoms with Crippen molar-refractivity contribution in [1.29, 1.82) is 0 Å². The minimum absolute atomic E-state index is 0.0127. The molecule has 0 bridgehead atoms. The Hall–Kier alpha value is -3.04. The van der Waals surface area contributed by atoms with Gasteiger partial charge >= 0.3 is 12.6 Å². The number of hydrogen-bond donors (Lipinski definition) is 2. The van der Waals surface area contributed by atoms with Gasteiger partial charge in [0.1, 0.15) is 5.75 Å². The van der Waals surface area contributed by atoms with Gasteiger partial charge in [0.05, 0.1) is 17.3 Å². The number of halogens is 2. The number of alkyl halides is 2. The van der Waals surface area contributed by atoms with E-state index in [2.05, 4.69) is 20.4 Å². The molecular weight excluding hydrogens is 362 g/mol. The van der Waals surface area contributed by atoms with Crippen molar-refractivity contribution in [2.45, 2.75) is 38.8 Å². The standard InChI is InChI=1S/C17H18F2N4O4/c1-9-14(15(24)20-11-3-2-10(8-11)16(25)26)21-22-23(9)12-4-6-13(7-5-12)27-17(18)19/h4-7,10-11,17H,2-3,8H2,1H3,(H,20,24)(H,25,26)/t10-,11+/m1/s1. The Balaban J connectivity index is 1.69. The molecule has 0 aliphatic heterocycles. The lowest BCUT2D eigenvalue weighted by molar-refractivity contribution is -0.141. The summed E-state index contributed by atoms with van der Waals surface area (Å²) < 4.78 is 30.1. The molecule has 1 saturated carbocycles. The molecule has 1 aromatic heterocycles. The quantitative estimate of drug-likeness (QED) is 0.795. The van der Waals surface area contributed by atoms with Crippen LogP contribution in [0.4, 0.5) is 8.78 Å². The molecule has 144 valence electrons. The number of carboxylic acids is 1. The summed E-state index contributed by atoms with van der Waals surface area (Å²) in [6.07, 6.45) is 1.51. The summed E-state index contributed by atoms with van der Waals surface area (Å²) in [7, 11) is 0. The van der Waals surface area contributed by atoms with Crippen LogP contribution in [0.2, 0.25) is 0 Å². The van der Waals surface area contributed by atoms with E-state index < -0.39 is 24.4 Å². The molecular formula is C17H18F2N4O4. The number of hydrogen-bond acceptors (Lipinski definition) is 5. The maximum absolute atomic E-state index is 12.4. The normalized spacial score (nSPS) is 19.3. The van der Waals surface area contributed by atoms with Crippen LogP contribution in [-0.4, -0.2) is 44.6 Å². The molecule has 0 radical (unpaired) electrons. The van der Waals surface area contributed by atoms with E-state index in [1.807, 2.05) is 0 Å². The van der Waals surface area contributed by atoms with Gasteiger partial charge in [0, 0.05) is 6.04 Å². The lowest BCUT2D eigenvalue weighted by Crippen LogP contribution is -2.34. The Bertz CT molecular complexity index is 838. The van der Waals surface area contributed by atoms with Gasteiger partial charge in [0.2, 0.25) is 0 Å². The third-order valence-corrected chi connectivity index (χ3v) is 4.53. The van der Waals surface area contributed by atoms with Crippen molar-refractivity contribution in [3.8, 4) is 11.4 Å². The zero-order chi connectivity index (χ0) is 19.6. The smallest absolute Gasteiger partial charge is 0.387 e. The first-order valence-corrected chi connectivity index (χ1v) is 8.36. The first-order chi connectivity index (χ1) is 12.8. The molecule has 1 heterocycles. The maximum Gasteiger partial charge on any atom is 0.387 e. The highest BCUT2D eigenvalue weighted by Gasteiger charge is 2.31. The van der Waals surface area contributed by atoms with E-state index in [-0.39, 0.29) is 17.5 Å². The van der Waals surface area contributed by atoms with Crippen LogP contribution in [-0.2, 0) is 4.79 Å². The minimum Gasteiger partial charge on any atom is -0.481 e. The monoisotopic (exact) mass is 380 g/mol. The summed E-state index contributed by atoms with van der Waals surface area (Å²) in [4.78, 5) is 23.5. The predicted molar refractivity (Wildman–Crippen MR) is 89.0 cm³/mol. The fourth-order valence-electron chi connectivity index (χ4n) is 3.14. The van der Waals surface area contributed by atoms with Crippen molar-refractivity contribution >= 4 is 11.9 Å². The number of aromatic nitrogens is 3. The highest BCUT2D eigenvalue weighted by Crippen LogP contribution is 2.26. The Morgan fingerprint density at radius 3 is 2.59 bits per heavy atom. The van der Waals surface area contributed by atoms with E-state index in [0.717, 1.165) is 0 Å². The van der Waals surface area contributed by atoms with Crippen molar-refractivity contribution in [2.24, 2.45) is 5.92 Å². The van der Waals surface area contributed by atoms with Gasteiger partial charge in [-0.3, -0.25) is 9.59 Å². The van der Waals surface area contributed by atoms with E-state index in [1.54, 1.807) is 6.92 Å². The fourth-order valence-corrected chi connectivity index (χ4v) is 3.14. The van der Waals surface area contributed by atoms with Gasteiger partial charge < -0.3 is 15.2 Å². The Labute approximate surface area is 153 Å². The molecule has 27 heavy (non-hydrogen) atoms. The molecule has 0 saturated heterocycles. The molecule has 2 aromatic rings. The average molecular weight is 380 g/mol. The van der Waals surface area contributed by atoms with Crippen LogP contribution in [0.3, 0.4) is 0 Å². The number of amides is 1. The van der Waals surface area contributed by atoms with E-state index >= 15 is 0 Å². The number of carbonyl (C=O) groups is 2. The molecule has 10 heteroatoms. The van der Waals surface area contributed by atoms with Crippen LogP contribution in [0, 0.1) is 12.8 Å². The number of aliphatic carboxylic acids is 1. The lowest BCUT2D eigenvalue weighted by atomic mass is 10.1. The van der Waals surface area contributed by atoms with Crippen molar-refractivity contribution in [3.05, 3.63) is 35.7 Å². The second-order valence-electron chi connectivity index (χ2n) is 6.33. The third kappa shape index (κ3) is 4.21. The van der Waals surface area contributed by atoms with Crippen LogP contribution in [0.25, 0.3) is 5.69 Å². The number of carbonyl (C=O) groups excluding carboxylic acids is 1. The van der Waals surface area contributed by atoms with Crippen molar-refractivity contribution < 1.29 is 28.2 Å². The summed E-state index contributed by atoms with van der Waals surface area (Å²) >= 11 is 0. The zero-order valence-electron chi connectivity index (χ0n) is 14.4. The van der Waals surface area contributed by atoms with Crippen LogP contribution in [0.5, 0.6) is 5.75 Å². The van der Waals surface area contributed by atoms with Crippen molar-refractivity contribution in [3.63, 3.8) is 0 Å². The van der Waals surface area contributed by atoms with Crippen molar-refractivity contribution in [2.75, 3.05) is 0 Å². The number of nitrogens with zero attached hydrogens (tertiary/aromatic N) is 3. The number of benzene rings is 1. The summed E-state index contributed by atoms with van der Waals surface area (Å²) in [6.45, 7) is -1.25. The van der Waals surface area contributed by atoms with Gasteiger partial charge in [-0.1, -0.05) is 5.21 Å². The fraction of sp³-hybridized carbons (Fsp3) is 0.412. The van der Waals surface area contributed by atoms with E-state index in [0.29, 0.717) is 30.6 Å². The highest BCUT2D eigenvalue weighted by atomic mass is 19.3. The molecule has 0 unspecified atom stereocenters. The molecule has 8 nitrogen and oxygen atoms in total. The SMILES string of the molecule is Cc1c(C(=O)N[C@H]2CC[C@@H](C(=O)O)C2)nnn1-c1ccc(OC(F)F)cc1. The zero-order valence-corrected chi connectivity index (χ0v) is 14.4. The molecule has 1 aliphatic carbocycles. The summed E-state index contributed by atoms with van der Waals surface area (Å²) in [6, 6.07) is 5.57. The topological polar surface area (TPSA) is 106 Å². The lowest BCUT2D eigenvalue weighted by Gasteiger charge is -2.11. The van der Waals surface area contributed by atoms with Crippen LogP contribution in [0.1, 0.15) is 35.4 Å². The van der Waals surface area contributed by atoms with Crippen LogP contribution in [0.15, 0.2) is 24.3 Å². The second kappa shape index (κ2) is 7.68. The van der Waals surface area contributed by atoms with Gasteiger partial charge in [0.25, 0.3) is 5.91 Å². The van der Waals surface area contributed by atoms with Gasteiger partial charge in [-0.25, -0.2) is 4.68 Å². The Morgan fingerprint density at radius 2 is 2.00 bits per heavy atom.